The van der Waals surface area contributed by atoms with Gasteiger partial charge in [-0.25, -0.2) is 0 Å². The average Bonchev–Trinajstić information content (AvgIpc) is 1.38. The van der Waals surface area contributed by atoms with Gasteiger partial charge in [-0.05, 0) is 0 Å². The van der Waals surface area contributed by atoms with E-state index in [1.54, 1.807) is 0 Å². The SMILES string of the molecule is CC(=O)[O][Ge]. The standard InChI is InChI=1S/C2H3GeO2/c1-2(4)5-3/h1H3. The zero-order chi connectivity index (χ0) is 4.28. The van der Waals surface area contributed by atoms with Crippen molar-refractivity contribution in [2.75, 3.05) is 0 Å². The molecule has 0 saturated carbocycles. The number of hydrogen-bond acceptors (Lipinski definition) is 2. The zero-order valence-electron chi connectivity index (χ0n) is 2.82. The number of rotatable bonds is 0. The van der Waals surface area contributed by atoms with Crippen molar-refractivity contribution in [1.82, 2.24) is 0 Å². The molecule has 0 aromatic rings. The van der Waals surface area contributed by atoms with Gasteiger partial charge in [0, 0.05) is 0 Å². The van der Waals surface area contributed by atoms with E-state index in [0.29, 0.717) is 0 Å². The van der Waals surface area contributed by atoms with Crippen molar-refractivity contribution in [2.24, 2.45) is 0 Å². The van der Waals surface area contributed by atoms with Crippen molar-refractivity contribution >= 4 is 22.8 Å². The molecule has 0 fully saturated rings. The van der Waals surface area contributed by atoms with Crippen molar-refractivity contribution in [2.45, 2.75) is 6.92 Å². The normalized spacial score (nSPS) is 6.80. The second-order valence-corrected chi connectivity index (χ2v) is 1.02. The molecule has 5 heavy (non-hydrogen) atoms. The van der Waals surface area contributed by atoms with E-state index in [-0.39, 0.29) is 5.97 Å². The first-order valence-electron chi connectivity index (χ1n) is 1.11. The van der Waals surface area contributed by atoms with Crippen LogP contribution in [0.1, 0.15) is 6.92 Å². The molecule has 0 spiro atoms. The van der Waals surface area contributed by atoms with Crippen molar-refractivity contribution in [3.63, 3.8) is 0 Å². The monoisotopic (exact) mass is 133 g/mol. The molecule has 0 unspecified atom stereocenters. The molecule has 0 rings (SSSR count). The van der Waals surface area contributed by atoms with Crippen LogP contribution in [0.4, 0.5) is 0 Å². The molecule has 0 aliphatic rings. The van der Waals surface area contributed by atoms with Gasteiger partial charge in [-0.15, -0.1) is 0 Å². The summed E-state index contributed by atoms with van der Waals surface area (Å²) in [7, 11) is 0. The topological polar surface area (TPSA) is 26.3 Å². The third-order valence-electron chi connectivity index (χ3n) is 0.144. The maximum absolute atomic E-state index is 9.59. The van der Waals surface area contributed by atoms with Crippen LogP contribution in [0, 0.1) is 0 Å². The summed E-state index contributed by atoms with van der Waals surface area (Å²) in [6.07, 6.45) is 0. The van der Waals surface area contributed by atoms with Crippen LogP contribution in [0.2, 0.25) is 0 Å². The molecular weight excluding hydrogens is 129 g/mol. The quantitative estimate of drug-likeness (QED) is 0.420. The van der Waals surface area contributed by atoms with Crippen LogP contribution >= 0.6 is 0 Å². The fourth-order valence-electron chi connectivity index (χ4n) is 0. The number of carbonyl (C=O) groups excluding carboxylic acids is 1. The molecule has 0 heterocycles. The minimum atomic E-state index is -0.245. The minimum absolute atomic E-state index is 0.245. The third-order valence-corrected chi connectivity index (χ3v) is 0.747. The van der Waals surface area contributed by atoms with Gasteiger partial charge in [-0.2, -0.15) is 0 Å². The summed E-state index contributed by atoms with van der Waals surface area (Å²) in [6.45, 7) is 1.36. The van der Waals surface area contributed by atoms with Gasteiger partial charge in [0.2, 0.25) is 0 Å². The Morgan fingerprint density at radius 2 is 2.20 bits per heavy atom. The summed E-state index contributed by atoms with van der Waals surface area (Å²) in [6, 6.07) is 0. The van der Waals surface area contributed by atoms with E-state index in [9.17, 15) is 4.79 Å². The van der Waals surface area contributed by atoms with Crippen LogP contribution in [0.25, 0.3) is 0 Å². The summed E-state index contributed by atoms with van der Waals surface area (Å²) >= 11 is 1.35. The molecule has 0 aliphatic heterocycles. The molecule has 3 radical (unpaired) electrons. The Bertz CT molecular complexity index is 42.9. The van der Waals surface area contributed by atoms with Gasteiger partial charge in [0.1, 0.15) is 0 Å². The van der Waals surface area contributed by atoms with Gasteiger partial charge in [0.15, 0.2) is 0 Å². The third kappa shape index (κ3) is 4.01. The summed E-state index contributed by atoms with van der Waals surface area (Å²) in [5.74, 6) is -0.245. The van der Waals surface area contributed by atoms with Crippen LogP contribution < -0.4 is 0 Å². The van der Waals surface area contributed by atoms with E-state index in [0.717, 1.165) is 0 Å². The van der Waals surface area contributed by atoms with Gasteiger partial charge in [-0.1, -0.05) is 0 Å². The van der Waals surface area contributed by atoms with Gasteiger partial charge < -0.3 is 0 Å². The van der Waals surface area contributed by atoms with Gasteiger partial charge in [-0.3, -0.25) is 0 Å². The fourth-order valence-corrected chi connectivity index (χ4v) is 0. The Morgan fingerprint density at radius 3 is 2.20 bits per heavy atom. The Kier molecular flexibility index (Phi) is 2.27. The second-order valence-electron chi connectivity index (χ2n) is 0.594. The number of carbonyl (C=O) groups is 1. The summed E-state index contributed by atoms with van der Waals surface area (Å²) < 4.78 is 4.11. The first-order chi connectivity index (χ1) is 2.27. The van der Waals surface area contributed by atoms with Crippen molar-refractivity contribution in [3.8, 4) is 0 Å². The molecule has 0 amide bonds. The molecule has 2 nitrogen and oxygen atoms in total. The molecule has 0 saturated heterocycles. The average molecular weight is 132 g/mol. The van der Waals surface area contributed by atoms with Gasteiger partial charge in [0.25, 0.3) is 0 Å². The Labute approximate surface area is 39.1 Å². The molecule has 0 N–H and O–H groups in total. The van der Waals surface area contributed by atoms with Crippen LogP contribution in [0.5, 0.6) is 0 Å². The number of hydrogen-bond donors (Lipinski definition) is 0. The molecular formula is C2H3GeO2. The molecule has 3 heteroatoms. The van der Waals surface area contributed by atoms with E-state index in [1.165, 1.54) is 23.8 Å². The Morgan fingerprint density at radius 1 is 2.00 bits per heavy atom. The molecule has 27 valence electrons. The van der Waals surface area contributed by atoms with Crippen molar-refractivity contribution in [1.29, 1.82) is 0 Å². The van der Waals surface area contributed by atoms with Gasteiger partial charge in [0.05, 0.1) is 0 Å². The molecule has 0 aromatic heterocycles. The first-order valence-corrected chi connectivity index (χ1v) is 1.97. The summed E-state index contributed by atoms with van der Waals surface area (Å²) in [4.78, 5) is 9.59. The Hall–Kier alpha value is 0.0129. The van der Waals surface area contributed by atoms with Crippen molar-refractivity contribution in [3.05, 3.63) is 0 Å². The second kappa shape index (κ2) is 2.26. The zero-order valence-corrected chi connectivity index (χ0v) is 4.91. The van der Waals surface area contributed by atoms with E-state index >= 15 is 0 Å². The van der Waals surface area contributed by atoms with Crippen LogP contribution in [-0.2, 0) is 8.56 Å². The molecule has 0 bridgehead atoms. The van der Waals surface area contributed by atoms with Crippen molar-refractivity contribution < 1.29 is 8.56 Å². The van der Waals surface area contributed by atoms with Crippen LogP contribution in [-0.4, -0.2) is 22.8 Å². The molecule has 0 atom stereocenters. The molecule has 0 aliphatic carbocycles. The Balaban J connectivity index is 2.85. The molecule has 0 aromatic carbocycles. The maximum atomic E-state index is 9.59. The van der Waals surface area contributed by atoms with Crippen LogP contribution in [0.15, 0.2) is 0 Å². The van der Waals surface area contributed by atoms with E-state index in [2.05, 4.69) is 3.76 Å². The van der Waals surface area contributed by atoms with E-state index < -0.39 is 0 Å². The van der Waals surface area contributed by atoms with E-state index in [1.807, 2.05) is 0 Å². The predicted molar refractivity (Wildman–Crippen MR) is 17.5 cm³/mol. The first kappa shape index (κ1) is 5.01. The summed E-state index contributed by atoms with van der Waals surface area (Å²) in [5, 5.41) is 0. The van der Waals surface area contributed by atoms with Crippen LogP contribution in [0.3, 0.4) is 0 Å². The van der Waals surface area contributed by atoms with Gasteiger partial charge >= 0.3 is 38.3 Å². The summed E-state index contributed by atoms with van der Waals surface area (Å²) in [5.41, 5.74) is 0. The predicted octanol–water partition coefficient (Wildman–Crippen LogP) is -0.367. The fraction of sp³-hybridized carbons (Fsp3) is 0.500. The van der Waals surface area contributed by atoms with E-state index in [4.69, 9.17) is 0 Å².